The van der Waals surface area contributed by atoms with Crippen molar-refractivity contribution in [3.63, 3.8) is 0 Å². The third kappa shape index (κ3) is 3.45. The third-order valence-electron chi connectivity index (χ3n) is 2.80. The van der Waals surface area contributed by atoms with Crippen LogP contribution in [0.5, 0.6) is 0 Å². The van der Waals surface area contributed by atoms with Crippen molar-refractivity contribution in [1.29, 1.82) is 0 Å². The van der Waals surface area contributed by atoms with Crippen LogP contribution in [0.3, 0.4) is 0 Å². The van der Waals surface area contributed by atoms with Crippen molar-refractivity contribution >= 4 is 10.0 Å². The molecule has 10 heteroatoms. The normalized spacial score (nSPS) is 12.8. The maximum absolute atomic E-state index is 12.3. The molecule has 0 saturated heterocycles. The quantitative estimate of drug-likeness (QED) is 0.856. The first-order chi connectivity index (χ1) is 10.1. The maximum Gasteiger partial charge on any atom is 0.471 e. The Morgan fingerprint density at radius 1 is 1.23 bits per heavy atom. The Hall–Kier alpha value is -1.94. The molecule has 0 atom stereocenters. The summed E-state index contributed by atoms with van der Waals surface area (Å²) < 4.78 is 66.5. The lowest BCUT2D eigenvalue weighted by atomic mass is 10.2. The number of aryl methyl sites for hydroxylation is 1. The van der Waals surface area contributed by atoms with E-state index in [-0.39, 0.29) is 10.7 Å². The monoisotopic (exact) mass is 335 g/mol. The molecule has 1 aromatic carbocycles. The molecule has 22 heavy (non-hydrogen) atoms. The minimum Gasteiger partial charge on any atom is -0.329 e. The number of hydrogen-bond acceptors (Lipinski definition) is 5. The second-order valence-electron chi connectivity index (χ2n) is 4.59. The lowest BCUT2D eigenvalue weighted by Gasteiger charge is -2.15. The number of alkyl halides is 3. The van der Waals surface area contributed by atoms with Crippen LogP contribution in [-0.2, 0) is 22.7 Å². The van der Waals surface area contributed by atoms with Gasteiger partial charge in [-0.25, -0.2) is 8.42 Å². The lowest BCUT2D eigenvalue weighted by Crippen LogP contribution is -2.27. The molecule has 2 aromatic rings. The Bertz CT molecular complexity index is 754. The van der Waals surface area contributed by atoms with Gasteiger partial charge in [-0.1, -0.05) is 22.9 Å². The van der Waals surface area contributed by atoms with E-state index in [0.29, 0.717) is 0 Å². The third-order valence-corrected chi connectivity index (χ3v) is 4.62. The zero-order valence-corrected chi connectivity index (χ0v) is 12.4. The van der Waals surface area contributed by atoms with Crippen molar-refractivity contribution in [2.75, 3.05) is 7.05 Å². The fourth-order valence-corrected chi connectivity index (χ4v) is 2.73. The minimum atomic E-state index is -4.76. The molecule has 0 bridgehead atoms. The van der Waals surface area contributed by atoms with Gasteiger partial charge in [0, 0.05) is 7.05 Å². The highest BCUT2D eigenvalue weighted by Crippen LogP contribution is 2.27. The van der Waals surface area contributed by atoms with Crippen LogP contribution in [0, 0.1) is 6.92 Å². The van der Waals surface area contributed by atoms with Crippen molar-refractivity contribution in [3.8, 4) is 0 Å². The van der Waals surface area contributed by atoms with Gasteiger partial charge >= 0.3 is 12.1 Å². The molecule has 0 aliphatic carbocycles. The molecule has 120 valence electrons. The van der Waals surface area contributed by atoms with Crippen molar-refractivity contribution < 1.29 is 26.1 Å². The average molecular weight is 335 g/mol. The van der Waals surface area contributed by atoms with Crippen LogP contribution >= 0.6 is 0 Å². The van der Waals surface area contributed by atoms with Gasteiger partial charge in [0.15, 0.2) is 5.82 Å². The summed E-state index contributed by atoms with van der Waals surface area (Å²) in [6.45, 7) is 1.37. The van der Waals surface area contributed by atoms with Gasteiger partial charge < -0.3 is 4.52 Å². The molecule has 0 fully saturated rings. The molecule has 1 heterocycles. The fraction of sp³-hybridized carbons (Fsp3) is 0.333. The number of aromatic nitrogens is 2. The number of sulfonamides is 1. The Balaban J connectivity index is 2.19. The van der Waals surface area contributed by atoms with E-state index in [1.54, 1.807) is 19.1 Å². The van der Waals surface area contributed by atoms with E-state index in [1.165, 1.54) is 19.2 Å². The summed E-state index contributed by atoms with van der Waals surface area (Å²) in [7, 11) is -2.63. The van der Waals surface area contributed by atoms with Gasteiger partial charge in [-0.15, -0.1) is 0 Å². The summed E-state index contributed by atoms with van der Waals surface area (Å²) in [5.74, 6) is -1.88. The molecule has 6 nitrogen and oxygen atoms in total. The number of rotatable bonds is 4. The van der Waals surface area contributed by atoms with E-state index in [9.17, 15) is 21.6 Å². The Kier molecular flexibility index (Phi) is 4.25. The highest BCUT2D eigenvalue weighted by Gasteiger charge is 2.38. The van der Waals surface area contributed by atoms with Crippen molar-refractivity contribution in [3.05, 3.63) is 41.5 Å². The van der Waals surface area contributed by atoms with E-state index in [4.69, 9.17) is 0 Å². The van der Waals surface area contributed by atoms with Gasteiger partial charge in [0.05, 0.1) is 11.4 Å². The molecule has 0 aliphatic heterocycles. The van der Waals surface area contributed by atoms with Crippen LogP contribution in [0.2, 0.25) is 0 Å². The predicted octanol–water partition coefficient (Wildman–Crippen LogP) is 2.22. The Morgan fingerprint density at radius 2 is 1.82 bits per heavy atom. The Labute approximate surface area is 124 Å². The van der Waals surface area contributed by atoms with Gasteiger partial charge in [-0.2, -0.15) is 22.5 Å². The molecule has 0 aliphatic rings. The molecular weight excluding hydrogens is 323 g/mol. The maximum atomic E-state index is 12.3. The first-order valence-corrected chi connectivity index (χ1v) is 7.47. The van der Waals surface area contributed by atoms with Gasteiger partial charge in [0.25, 0.3) is 0 Å². The summed E-state index contributed by atoms with van der Waals surface area (Å²) >= 11 is 0. The van der Waals surface area contributed by atoms with Crippen LogP contribution in [0.4, 0.5) is 13.2 Å². The predicted molar refractivity (Wildman–Crippen MR) is 69.1 cm³/mol. The SMILES string of the molecule is Cc1ccc(S(=O)(=O)N(C)Cc2noc(C(F)(F)F)n2)cc1. The molecule has 1 aromatic heterocycles. The average Bonchev–Trinajstić information content (AvgIpc) is 2.87. The smallest absolute Gasteiger partial charge is 0.329 e. The van der Waals surface area contributed by atoms with Crippen LogP contribution in [-0.4, -0.2) is 29.9 Å². The standard InChI is InChI=1S/C12H12F3N3O3S/c1-8-3-5-9(6-4-8)22(19,20)18(2)7-10-16-11(21-17-10)12(13,14)15/h3-6H,7H2,1-2H3. The van der Waals surface area contributed by atoms with Crippen molar-refractivity contribution in [2.45, 2.75) is 24.5 Å². The summed E-state index contributed by atoms with van der Waals surface area (Å²) in [6.07, 6.45) is -4.76. The summed E-state index contributed by atoms with van der Waals surface area (Å²) in [6, 6.07) is 6.07. The van der Waals surface area contributed by atoms with E-state index in [2.05, 4.69) is 14.7 Å². The molecule has 0 amide bonds. The molecule has 0 unspecified atom stereocenters. The van der Waals surface area contributed by atoms with Gasteiger partial charge in [0.1, 0.15) is 0 Å². The van der Waals surface area contributed by atoms with Gasteiger partial charge in [0.2, 0.25) is 10.0 Å². The van der Waals surface area contributed by atoms with Crippen LogP contribution in [0.1, 0.15) is 17.3 Å². The summed E-state index contributed by atoms with van der Waals surface area (Å²) in [5, 5.41) is 3.13. The molecule has 0 radical (unpaired) electrons. The Morgan fingerprint density at radius 3 is 2.32 bits per heavy atom. The van der Waals surface area contributed by atoms with Gasteiger partial charge in [-0.05, 0) is 19.1 Å². The number of benzene rings is 1. The lowest BCUT2D eigenvalue weighted by molar-refractivity contribution is -0.159. The number of hydrogen-bond donors (Lipinski definition) is 0. The summed E-state index contributed by atoms with van der Waals surface area (Å²) in [4.78, 5) is 3.16. The molecule has 0 N–H and O–H groups in total. The van der Waals surface area contributed by atoms with E-state index in [1.807, 2.05) is 0 Å². The molecule has 2 rings (SSSR count). The van der Waals surface area contributed by atoms with Crippen molar-refractivity contribution in [2.24, 2.45) is 0 Å². The van der Waals surface area contributed by atoms with Crippen LogP contribution in [0.25, 0.3) is 0 Å². The minimum absolute atomic E-state index is 0.0279. The highest BCUT2D eigenvalue weighted by atomic mass is 32.2. The van der Waals surface area contributed by atoms with E-state index >= 15 is 0 Å². The van der Waals surface area contributed by atoms with E-state index < -0.39 is 28.6 Å². The molecular formula is C12H12F3N3O3S. The largest absolute Gasteiger partial charge is 0.471 e. The zero-order chi connectivity index (χ0) is 16.5. The van der Waals surface area contributed by atoms with Gasteiger partial charge in [-0.3, -0.25) is 0 Å². The van der Waals surface area contributed by atoms with Crippen LogP contribution < -0.4 is 0 Å². The van der Waals surface area contributed by atoms with Crippen LogP contribution in [0.15, 0.2) is 33.7 Å². The first-order valence-electron chi connectivity index (χ1n) is 6.03. The fourth-order valence-electron chi connectivity index (χ4n) is 1.61. The number of nitrogens with zero attached hydrogens (tertiary/aromatic N) is 3. The van der Waals surface area contributed by atoms with Crippen molar-refractivity contribution in [1.82, 2.24) is 14.4 Å². The first kappa shape index (κ1) is 16.4. The second kappa shape index (κ2) is 5.69. The molecule has 0 spiro atoms. The topological polar surface area (TPSA) is 76.3 Å². The molecule has 0 saturated carbocycles. The zero-order valence-electron chi connectivity index (χ0n) is 11.6. The number of halogens is 3. The highest BCUT2D eigenvalue weighted by molar-refractivity contribution is 7.89. The second-order valence-corrected chi connectivity index (χ2v) is 6.63. The van der Waals surface area contributed by atoms with E-state index in [0.717, 1.165) is 9.87 Å². The summed E-state index contributed by atoms with van der Waals surface area (Å²) in [5.41, 5.74) is 0.884.